The van der Waals surface area contributed by atoms with E-state index in [0.717, 1.165) is 0 Å². The SMILES string of the molecule is Nc1ccc(C(=O)O)c(NC(=O)c2cccc(Cl)c2F)c1. The quantitative estimate of drug-likeness (QED) is 0.760. The molecule has 21 heavy (non-hydrogen) atoms. The Morgan fingerprint density at radius 3 is 2.57 bits per heavy atom. The summed E-state index contributed by atoms with van der Waals surface area (Å²) < 4.78 is 13.8. The first-order chi connectivity index (χ1) is 9.90. The number of carbonyl (C=O) groups excluding carboxylic acids is 1. The summed E-state index contributed by atoms with van der Waals surface area (Å²) in [6, 6.07) is 7.88. The minimum atomic E-state index is -1.24. The van der Waals surface area contributed by atoms with E-state index in [-0.39, 0.29) is 27.5 Å². The van der Waals surface area contributed by atoms with Crippen LogP contribution < -0.4 is 11.1 Å². The van der Waals surface area contributed by atoms with Crippen LogP contribution in [0.1, 0.15) is 20.7 Å². The molecular formula is C14H10ClFN2O3. The monoisotopic (exact) mass is 308 g/mol. The van der Waals surface area contributed by atoms with Crippen molar-refractivity contribution in [3.63, 3.8) is 0 Å². The third kappa shape index (κ3) is 3.11. The molecule has 2 aromatic carbocycles. The average Bonchev–Trinajstić information content (AvgIpc) is 2.41. The molecule has 0 bridgehead atoms. The Kier molecular flexibility index (Phi) is 4.09. The molecule has 0 unspecified atom stereocenters. The van der Waals surface area contributed by atoms with E-state index in [9.17, 15) is 14.0 Å². The lowest BCUT2D eigenvalue weighted by molar-refractivity contribution is 0.0698. The second-order valence-electron chi connectivity index (χ2n) is 4.17. The molecule has 0 aromatic heterocycles. The molecule has 5 nitrogen and oxygen atoms in total. The van der Waals surface area contributed by atoms with Crippen molar-refractivity contribution < 1.29 is 19.1 Å². The molecule has 0 aliphatic heterocycles. The molecule has 0 atom stereocenters. The van der Waals surface area contributed by atoms with E-state index in [1.54, 1.807) is 0 Å². The van der Waals surface area contributed by atoms with E-state index in [4.69, 9.17) is 22.4 Å². The van der Waals surface area contributed by atoms with Crippen molar-refractivity contribution in [1.82, 2.24) is 0 Å². The van der Waals surface area contributed by atoms with Crippen molar-refractivity contribution in [2.45, 2.75) is 0 Å². The van der Waals surface area contributed by atoms with Crippen LogP contribution in [0.25, 0.3) is 0 Å². The Hall–Kier alpha value is -2.60. The molecule has 7 heteroatoms. The number of benzene rings is 2. The number of aromatic carboxylic acids is 1. The maximum absolute atomic E-state index is 13.8. The zero-order valence-electron chi connectivity index (χ0n) is 10.6. The molecule has 0 spiro atoms. The van der Waals surface area contributed by atoms with Gasteiger partial charge in [-0.15, -0.1) is 0 Å². The molecule has 0 aliphatic carbocycles. The molecule has 0 heterocycles. The maximum atomic E-state index is 13.8. The van der Waals surface area contributed by atoms with Gasteiger partial charge in [0, 0.05) is 5.69 Å². The zero-order valence-corrected chi connectivity index (χ0v) is 11.3. The number of anilines is 2. The molecule has 0 aliphatic rings. The van der Waals surface area contributed by atoms with Crippen molar-refractivity contribution >= 4 is 34.9 Å². The van der Waals surface area contributed by atoms with Gasteiger partial charge in [0.1, 0.15) is 0 Å². The van der Waals surface area contributed by atoms with Gasteiger partial charge in [0.15, 0.2) is 5.82 Å². The minimum absolute atomic E-state index is 0.0214. The lowest BCUT2D eigenvalue weighted by Gasteiger charge is -2.10. The number of carboxylic acid groups (broad SMARTS) is 1. The van der Waals surface area contributed by atoms with E-state index >= 15 is 0 Å². The van der Waals surface area contributed by atoms with Gasteiger partial charge in [-0.1, -0.05) is 17.7 Å². The van der Waals surface area contributed by atoms with Crippen LogP contribution >= 0.6 is 11.6 Å². The Balaban J connectivity index is 2.38. The summed E-state index contributed by atoms with van der Waals surface area (Å²) in [6.07, 6.45) is 0. The van der Waals surface area contributed by atoms with Gasteiger partial charge in [-0.3, -0.25) is 4.79 Å². The Morgan fingerprint density at radius 2 is 1.90 bits per heavy atom. The van der Waals surface area contributed by atoms with Gasteiger partial charge in [-0.2, -0.15) is 0 Å². The Bertz CT molecular complexity index is 734. The first kappa shape index (κ1) is 14.8. The second kappa shape index (κ2) is 5.80. The van der Waals surface area contributed by atoms with E-state index in [1.165, 1.54) is 36.4 Å². The summed E-state index contributed by atoms with van der Waals surface area (Å²) >= 11 is 5.60. The average molecular weight is 309 g/mol. The van der Waals surface area contributed by atoms with Gasteiger partial charge < -0.3 is 16.2 Å². The van der Waals surface area contributed by atoms with Crippen molar-refractivity contribution in [3.8, 4) is 0 Å². The summed E-state index contributed by atoms with van der Waals surface area (Å²) in [4.78, 5) is 23.1. The molecular weight excluding hydrogens is 299 g/mol. The van der Waals surface area contributed by atoms with Crippen LogP contribution in [0.2, 0.25) is 5.02 Å². The van der Waals surface area contributed by atoms with Crippen LogP contribution in [0.3, 0.4) is 0 Å². The largest absolute Gasteiger partial charge is 0.478 e. The summed E-state index contributed by atoms with van der Waals surface area (Å²) in [5.41, 5.74) is 5.36. The zero-order chi connectivity index (χ0) is 15.6. The normalized spacial score (nSPS) is 10.2. The molecule has 108 valence electrons. The first-order valence-corrected chi connectivity index (χ1v) is 6.16. The third-order valence-corrected chi connectivity index (χ3v) is 3.01. The van der Waals surface area contributed by atoms with Gasteiger partial charge in [-0.05, 0) is 30.3 Å². The number of carboxylic acids is 1. The van der Waals surface area contributed by atoms with Gasteiger partial charge >= 0.3 is 5.97 Å². The van der Waals surface area contributed by atoms with Gasteiger partial charge in [0.25, 0.3) is 5.91 Å². The number of nitrogens with two attached hydrogens (primary N) is 1. The highest BCUT2D eigenvalue weighted by molar-refractivity contribution is 6.31. The van der Waals surface area contributed by atoms with Crippen molar-refractivity contribution in [2.75, 3.05) is 11.1 Å². The van der Waals surface area contributed by atoms with Gasteiger partial charge in [0.2, 0.25) is 0 Å². The lowest BCUT2D eigenvalue weighted by Crippen LogP contribution is -2.16. The van der Waals surface area contributed by atoms with Gasteiger partial charge in [0.05, 0.1) is 21.8 Å². The molecule has 0 saturated heterocycles. The number of nitrogen functional groups attached to an aromatic ring is 1. The van der Waals surface area contributed by atoms with E-state index in [2.05, 4.69) is 5.32 Å². The highest BCUT2D eigenvalue weighted by atomic mass is 35.5. The topological polar surface area (TPSA) is 92.4 Å². The number of hydrogen-bond acceptors (Lipinski definition) is 3. The smallest absolute Gasteiger partial charge is 0.337 e. The number of amides is 1. The van der Waals surface area contributed by atoms with Crippen LogP contribution in [0, 0.1) is 5.82 Å². The van der Waals surface area contributed by atoms with E-state index < -0.39 is 17.7 Å². The molecule has 2 aromatic rings. The molecule has 0 fully saturated rings. The highest BCUT2D eigenvalue weighted by Crippen LogP contribution is 2.22. The number of nitrogens with one attached hydrogen (secondary N) is 1. The number of rotatable bonds is 3. The van der Waals surface area contributed by atoms with Crippen LogP contribution in [0.15, 0.2) is 36.4 Å². The van der Waals surface area contributed by atoms with Crippen LogP contribution in [-0.4, -0.2) is 17.0 Å². The number of halogens is 2. The molecule has 2 rings (SSSR count). The van der Waals surface area contributed by atoms with Crippen molar-refractivity contribution in [1.29, 1.82) is 0 Å². The van der Waals surface area contributed by atoms with Crippen molar-refractivity contribution in [2.24, 2.45) is 0 Å². The highest BCUT2D eigenvalue weighted by Gasteiger charge is 2.17. The summed E-state index contributed by atoms with van der Waals surface area (Å²) in [5, 5.41) is 11.2. The standard InChI is InChI=1S/C14H10ClFN2O3/c15-10-3-1-2-9(12(10)16)13(19)18-11-6-7(17)4-5-8(11)14(20)21/h1-6H,17H2,(H,18,19)(H,20,21). The number of hydrogen-bond donors (Lipinski definition) is 3. The number of carbonyl (C=O) groups is 2. The van der Waals surface area contributed by atoms with Crippen LogP contribution in [0.5, 0.6) is 0 Å². The molecule has 0 saturated carbocycles. The fraction of sp³-hybridized carbons (Fsp3) is 0. The maximum Gasteiger partial charge on any atom is 0.337 e. The summed E-state index contributed by atoms with van der Waals surface area (Å²) in [6.45, 7) is 0. The summed E-state index contributed by atoms with van der Waals surface area (Å²) in [7, 11) is 0. The van der Waals surface area contributed by atoms with Gasteiger partial charge in [-0.25, -0.2) is 9.18 Å². The lowest BCUT2D eigenvalue weighted by atomic mass is 10.1. The minimum Gasteiger partial charge on any atom is -0.478 e. The third-order valence-electron chi connectivity index (χ3n) is 2.72. The van der Waals surface area contributed by atoms with Crippen LogP contribution in [0.4, 0.5) is 15.8 Å². The second-order valence-corrected chi connectivity index (χ2v) is 4.57. The van der Waals surface area contributed by atoms with Crippen molar-refractivity contribution in [3.05, 3.63) is 58.4 Å². The molecule has 1 amide bonds. The predicted octanol–water partition coefficient (Wildman–Crippen LogP) is 3.01. The summed E-state index contributed by atoms with van der Waals surface area (Å²) in [5.74, 6) is -2.93. The van der Waals surface area contributed by atoms with E-state index in [0.29, 0.717) is 0 Å². The molecule has 4 N–H and O–H groups in total. The fourth-order valence-corrected chi connectivity index (χ4v) is 1.90. The molecule has 0 radical (unpaired) electrons. The first-order valence-electron chi connectivity index (χ1n) is 5.78. The van der Waals surface area contributed by atoms with E-state index in [1.807, 2.05) is 0 Å². The Labute approximate surface area is 124 Å². The Morgan fingerprint density at radius 1 is 1.19 bits per heavy atom. The van der Waals surface area contributed by atoms with Crippen LogP contribution in [-0.2, 0) is 0 Å². The predicted molar refractivity (Wildman–Crippen MR) is 77.2 cm³/mol. The fourth-order valence-electron chi connectivity index (χ4n) is 1.72.